The van der Waals surface area contributed by atoms with Gasteiger partial charge in [-0.15, -0.1) is 0 Å². The van der Waals surface area contributed by atoms with Crippen LogP contribution in [0.2, 0.25) is 0 Å². The molecule has 0 radical (unpaired) electrons. The third-order valence-corrected chi connectivity index (χ3v) is 8.35. The third kappa shape index (κ3) is 37.2. The molecule has 1 aromatic carbocycles. The summed E-state index contributed by atoms with van der Waals surface area (Å²) >= 11 is 5.48. The molecule has 1 rings (SSSR count). The van der Waals surface area contributed by atoms with Gasteiger partial charge < -0.3 is 75.0 Å². The predicted molar refractivity (Wildman–Crippen MR) is 223 cm³/mol. The molecule has 7 atom stereocenters. The molecule has 1 aromatic rings. The molecular weight excluding hydrogens is 839 g/mol. The van der Waals surface area contributed by atoms with Gasteiger partial charge in [0.05, 0.1) is 0 Å². The summed E-state index contributed by atoms with van der Waals surface area (Å²) in [5, 5.41) is 62.8. The Morgan fingerprint density at radius 1 is 0.667 bits per heavy atom. The van der Waals surface area contributed by atoms with E-state index in [0.29, 0.717) is 12.8 Å². The van der Waals surface area contributed by atoms with E-state index < -0.39 is 96.4 Å². The number of carbonyl (C=O) groups excluding carboxylic acids is 2. The van der Waals surface area contributed by atoms with Crippen LogP contribution in [0, 0.1) is 5.92 Å². The number of amides is 2. The molecule has 19 N–H and O–H groups in total. The number of carboxylic acid groups (broad SMARTS) is 7. The van der Waals surface area contributed by atoms with Crippen LogP contribution in [-0.4, -0.2) is 150 Å². The van der Waals surface area contributed by atoms with Gasteiger partial charge in [0.1, 0.15) is 42.8 Å². The fourth-order valence-electron chi connectivity index (χ4n) is 3.38. The van der Waals surface area contributed by atoms with E-state index in [1.54, 1.807) is 11.8 Å². The van der Waals surface area contributed by atoms with Gasteiger partial charge >= 0.3 is 41.8 Å². The standard InChI is InChI=1S/C10H17N3O6S.C9H11NO2.C6H13NO2.C5H9NO4.C5H11NO2S/c11-5(10(18)19)1-2-7(14)13-6(4-20)9(17)12-3-8(15)16;10-8(9(11)12)6-7-4-2-1-3-5-7;1-3-4(2)5(7)6(8)9;6-3(5(9)10)1-2-4(7)8;1-9-3-2-4(6)5(7)8/h5-6,20H,1-4,11H2,(H,12,17)(H,13,14)(H,15,16)(H,18,19);1-5,8H,6,10H2,(H,11,12);4-5H,3,7H2,1-2H3,(H,8,9);3H,1-2,6H2,(H,7,8)(H,9,10);4H,2-3,6H2,1H3,(H,7,8)/t5-,6-;8-;4-,5-;3-;4-/m00000/s1. The van der Waals surface area contributed by atoms with Gasteiger partial charge in [-0.1, -0.05) is 50.6 Å². The van der Waals surface area contributed by atoms with Gasteiger partial charge in [-0.2, -0.15) is 24.4 Å². The van der Waals surface area contributed by atoms with Crippen molar-refractivity contribution in [1.82, 2.24) is 10.6 Å². The quantitative estimate of drug-likeness (QED) is 0.0544. The van der Waals surface area contributed by atoms with Crippen molar-refractivity contribution in [2.24, 2.45) is 34.6 Å². The topological polar surface area (TPSA) is 449 Å². The zero-order valence-corrected chi connectivity index (χ0v) is 35.3. The van der Waals surface area contributed by atoms with Gasteiger partial charge in [0, 0.05) is 18.6 Å². The highest BCUT2D eigenvalue weighted by molar-refractivity contribution is 7.98. The molecule has 0 fully saturated rings. The molecule has 0 bridgehead atoms. The van der Waals surface area contributed by atoms with Crippen molar-refractivity contribution in [1.29, 1.82) is 0 Å². The number of aliphatic carboxylic acids is 7. The van der Waals surface area contributed by atoms with E-state index in [1.165, 1.54) is 0 Å². The number of thiol groups is 1. The second kappa shape index (κ2) is 37.0. The average Bonchev–Trinajstić information content (AvgIpc) is 3.19. The first-order valence-corrected chi connectivity index (χ1v) is 19.9. The minimum absolute atomic E-state index is 0.0231. The fraction of sp³-hybridized carbons (Fsp3) is 0.571. The maximum absolute atomic E-state index is 11.5. The van der Waals surface area contributed by atoms with Gasteiger partial charge in [0.25, 0.3) is 0 Å². The minimum atomic E-state index is -1.22. The summed E-state index contributed by atoms with van der Waals surface area (Å²) in [6, 6.07) is 3.95. The van der Waals surface area contributed by atoms with Crippen LogP contribution in [0.4, 0.5) is 0 Å². The van der Waals surface area contributed by atoms with Crippen molar-refractivity contribution in [3.63, 3.8) is 0 Å². The SMILES string of the molecule is CC[C@H](C)[C@H](N)C(=O)O.CSCC[C@H](N)C(=O)O.N[C@@H](CCC(=O)N[C@@H](CS)C(=O)NCC(=O)O)C(=O)O.N[C@@H](CCC(=O)O)C(=O)O.N[C@@H](Cc1ccccc1)C(=O)O. The van der Waals surface area contributed by atoms with E-state index in [1.807, 2.05) is 50.4 Å². The van der Waals surface area contributed by atoms with Crippen LogP contribution < -0.4 is 39.3 Å². The number of hydrogen-bond acceptors (Lipinski definition) is 16. The van der Waals surface area contributed by atoms with E-state index in [2.05, 4.69) is 23.3 Å². The number of carbonyl (C=O) groups is 9. The molecule has 25 heteroatoms. The maximum atomic E-state index is 11.5. The summed E-state index contributed by atoms with van der Waals surface area (Å²) in [6.45, 7) is 3.19. The molecule has 0 aliphatic rings. The lowest BCUT2D eigenvalue weighted by atomic mass is 10.0. The summed E-state index contributed by atoms with van der Waals surface area (Å²) in [4.78, 5) is 94.2. The van der Waals surface area contributed by atoms with Crippen LogP contribution in [-0.2, 0) is 49.6 Å². The number of thioether (sulfide) groups is 1. The number of nitrogens with two attached hydrogens (primary N) is 5. The summed E-state index contributed by atoms with van der Waals surface area (Å²) in [6.07, 6.45) is 3.22. The van der Waals surface area contributed by atoms with E-state index in [4.69, 9.17) is 64.4 Å². The first-order chi connectivity index (χ1) is 27.8. The second-order valence-electron chi connectivity index (χ2n) is 12.4. The number of hydrogen-bond donors (Lipinski definition) is 15. The van der Waals surface area contributed by atoms with Crippen LogP contribution in [0.15, 0.2) is 30.3 Å². The zero-order valence-electron chi connectivity index (χ0n) is 33.5. The van der Waals surface area contributed by atoms with Gasteiger partial charge in [-0.3, -0.25) is 43.2 Å². The summed E-state index contributed by atoms with van der Waals surface area (Å²) in [5.41, 5.74) is 27.0. The molecule has 0 saturated carbocycles. The zero-order chi connectivity index (χ0) is 47.5. The maximum Gasteiger partial charge on any atom is 0.322 e. The highest BCUT2D eigenvalue weighted by atomic mass is 32.2. The van der Waals surface area contributed by atoms with Crippen molar-refractivity contribution < 1.29 is 78.9 Å². The first kappa shape index (κ1) is 61.6. The molecule has 0 aliphatic heterocycles. The molecule has 0 saturated heterocycles. The smallest absolute Gasteiger partial charge is 0.322 e. The number of carboxylic acids is 7. The molecule has 0 spiro atoms. The molecule has 0 unspecified atom stereocenters. The molecule has 2 amide bonds. The van der Waals surface area contributed by atoms with Gasteiger partial charge in [-0.05, 0) is 49.2 Å². The van der Waals surface area contributed by atoms with Gasteiger partial charge in [0.15, 0.2) is 0 Å². The third-order valence-electron chi connectivity index (χ3n) is 7.34. The predicted octanol–water partition coefficient (Wildman–Crippen LogP) is -1.71. The normalized spacial score (nSPS) is 13.4. The van der Waals surface area contributed by atoms with Crippen molar-refractivity contribution >= 4 is 78.0 Å². The Labute approximate surface area is 356 Å². The second-order valence-corrected chi connectivity index (χ2v) is 13.7. The van der Waals surface area contributed by atoms with E-state index in [0.717, 1.165) is 17.7 Å². The lowest BCUT2D eigenvalue weighted by Crippen LogP contribution is -2.49. The molecule has 0 aliphatic carbocycles. The Morgan fingerprint density at radius 3 is 1.47 bits per heavy atom. The molecule has 60 heavy (non-hydrogen) atoms. The van der Waals surface area contributed by atoms with Crippen molar-refractivity contribution in [3.8, 4) is 0 Å². The first-order valence-electron chi connectivity index (χ1n) is 17.8. The van der Waals surface area contributed by atoms with Gasteiger partial charge in [-0.25, -0.2) is 0 Å². The number of benzene rings is 1. The molecule has 0 heterocycles. The molecule has 23 nitrogen and oxygen atoms in total. The Kier molecular flexibility index (Phi) is 38.0. The van der Waals surface area contributed by atoms with E-state index >= 15 is 0 Å². The van der Waals surface area contributed by atoms with Crippen LogP contribution in [0.3, 0.4) is 0 Å². The summed E-state index contributed by atoms with van der Waals surface area (Å²) in [7, 11) is 0. The number of rotatable bonds is 23. The Morgan fingerprint density at radius 2 is 1.12 bits per heavy atom. The molecular formula is C35H61N7O16S2. The lowest BCUT2D eigenvalue weighted by molar-refractivity contribution is -0.141. The van der Waals surface area contributed by atoms with Crippen LogP contribution in [0.5, 0.6) is 0 Å². The highest BCUT2D eigenvalue weighted by Crippen LogP contribution is 2.04. The molecule has 344 valence electrons. The fourth-order valence-corrected chi connectivity index (χ4v) is 4.13. The van der Waals surface area contributed by atoms with Crippen LogP contribution in [0.25, 0.3) is 0 Å². The van der Waals surface area contributed by atoms with E-state index in [-0.39, 0.29) is 37.4 Å². The lowest BCUT2D eigenvalue weighted by Gasteiger charge is -2.16. The van der Waals surface area contributed by atoms with Crippen molar-refractivity contribution in [3.05, 3.63) is 35.9 Å². The van der Waals surface area contributed by atoms with Crippen molar-refractivity contribution in [2.75, 3.05) is 24.3 Å². The Bertz CT molecular complexity index is 1460. The monoisotopic (exact) mass is 899 g/mol. The largest absolute Gasteiger partial charge is 0.481 e. The van der Waals surface area contributed by atoms with Crippen molar-refractivity contribution in [2.45, 2.75) is 95.0 Å². The number of nitrogens with one attached hydrogen (secondary N) is 2. The summed E-state index contributed by atoms with van der Waals surface area (Å²) in [5.74, 6) is -7.80. The average molecular weight is 900 g/mol. The Hall–Kier alpha value is -5.05. The highest BCUT2D eigenvalue weighted by Gasteiger charge is 2.21. The van der Waals surface area contributed by atoms with E-state index in [9.17, 15) is 43.2 Å². The van der Waals surface area contributed by atoms with Crippen LogP contribution >= 0.6 is 24.4 Å². The molecule has 0 aromatic heterocycles. The minimum Gasteiger partial charge on any atom is -0.481 e. The summed E-state index contributed by atoms with van der Waals surface area (Å²) < 4.78 is 0. The van der Waals surface area contributed by atoms with Crippen LogP contribution in [0.1, 0.15) is 57.9 Å². The Balaban J connectivity index is -0.000000341. The van der Waals surface area contributed by atoms with Gasteiger partial charge in [0.2, 0.25) is 11.8 Å².